The zero-order valence-corrected chi connectivity index (χ0v) is 29.5. The summed E-state index contributed by atoms with van der Waals surface area (Å²) in [6.45, 7) is 14.5. The number of ketones is 1. The minimum absolute atomic E-state index is 0.00327. The van der Waals surface area contributed by atoms with Crippen molar-refractivity contribution in [2.24, 2.45) is 46.3 Å². The zero-order chi connectivity index (χ0) is 32.6. The van der Waals surface area contributed by atoms with Gasteiger partial charge in [0, 0.05) is 17.2 Å². The quantitative estimate of drug-likeness (QED) is 0.212. The van der Waals surface area contributed by atoms with Gasteiger partial charge in [-0.15, -0.1) is 0 Å². The Balaban J connectivity index is 1.09. The Hall–Kier alpha value is -2.68. The average molecular weight is 622 g/mol. The Morgan fingerprint density at radius 3 is 2.37 bits per heavy atom. The molecule has 1 N–H and O–H groups in total. The Labute approximate surface area is 279 Å². The molecule has 0 aromatic heterocycles. The van der Waals surface area contributed by atoms with Gasteiger partial charge in [0.15, 0.2) is 5.78 Å². The molecular weight excluding hydrogens is 562 g/mol. The van der Waals surface area contributed by atoms with Gasteiger partial charge >= 0.3 is 0 Å². The second-order valence-electron chi connectivity index (χ2n) is 16.8. The molecule has 0 unspecified atom stereocenters. The predicted octanol–water partition coefficient (Wildman–Crippen LogP) is 10.5. The van der Waals surface area contributed by atoms with Gasteiger partial charge in [0.1, 0.15) is 0 Å². The molecule has 0 heterocycles. The summed E-state index contributed by atoms with van der Waals surface area (Å²) in [5.41, 5.74) is 4.63. The van der Waals surface area contributed by atoms with E-state index in [1.54, 1.807) is 5.57 Å². The molecule has 3 fully saturated rings. The van der Waals surface area contributed by atoms with E-state index in [1.807, 2.05) is 61.5 Å². The largest absolute Gasteiger partial charge is 0.353 e. The van der Waals surface area contributed by atoms with Gasteiger partial charge in [-0.1, -0.05) is 114 Å². The molecular formula is C43H59NO2. The molecule has 0 spiro atoms. The minimum atomic E-state index is -0.305. The fourth-order valence-corrected chi connectivity index (χ4v) is 11.0. The van der Waals surface area contributed by atoms with Gasteiger partial charge in [0.25, 0.3) is 0 Å². The summed E-state index contributed by atoms with van der Waals surface area (Å²) in [5.74, 6) is 4.83. The summed E-state index contributed by atoms with van der Waals surface area (Å²) in [6.07, 6.45) is 16.9. The summed E-state index contributed by atoms with van der Waals surface area (Å²) in [4.78, 5) is 26.6. The molecule has 2 aromatic carbocycles. The molecule has 6 rings (SSSR count). The van der Waals surface area contributed by atoms with Crippen molar-refractivity contribution in [1.29, 1.82) is 0 Å². The number of rotatable bonds is 10. The van der Waals surface area contributed by atoms with Crippen LogP contribution in [0.2, 0.25) is 0 Å². The van der Waals surface area contributed by atoms with Gasteiger partial charge < -0.3 is 5.32 Å². The first-order chi connectivity index (χ1) is 22.0. The van der Waals surface area contributed by atoms with E-state index >= 15 is 0 Å². The number of carbonyl (C=O) groups is 2. The van der Waals surface area contributed by atoms with Crippen LogP contribution in [0.5, 0.6) is 0 Å². The number of nitrogens with one attached hydrogen (secondary N) is 1. The molecule has 0 saturated heterocycles. The number of amides is 1. The molecule has 0 bridgehead atoms. The standard InChI is InChI=1S/C43H59NO2/c1-28(2)12-10-13-29(3)37-20-21-38-36-19-18-34-27-35(22-24-42(34,5)39(36)23-25-43(37,38)6)44-41(46)30(4)32-16-11-17-33(26-32)40(45)31-14-8-7-9-15-31/h7-9,11,14-18,26,28-30,35-39H,10,12-13,19-25,27H2,1-6H3,(H,44,46)/t29-,30+,35-,36+,37-,38+,39+,42+,43-/m1/s1. The molecule has 3 nitrogen and oxygen atoms in total. The lowest BCUT2D eigenvalue weighted by Crippen LogP contribution is -2.52. The van der Waals surface area contributed by atoms with Crippen molar-refractivity contribution >= 4 is 11.7 Å². The molecule has 1 amide bonds. The van der Waals surface area contributed by atoms with Crippen LogP contribution in [-0.4, -0.2) is 17.7 Å². The van der Waals surface area contributed by atoms with E-state index in [2.05, 4.69) is 46.0 Å². The Morgan fingerprint density at radius 1 is 0.848 bits per heavy atom. The van der Waals surface area contributed by atoms with Crippen molar-refractivity contribution in [3.63, 3.8) is 0 Å². The highest BCUT2D eigenvalue weighted by molar-refractivity contribution is 6.09. The summed E-state index contributed by atoms with van der Waals surface area (Å²) in [6, 6.07) is 17.2. The van der Waals surface area contributed by atoms with E-state index in [0.717, 1.165) is 53.9 Å². The summed E-state index contributed by atoms with van der Waals surface area (Å²) >= 11 is 0. The number of fused-ring (bicyclic) bond motifs is 5. The third-order valence-electron chi connectivity index (χ3n) is 13.7. The van der Waals surface area contributed by atoms with Crippen LogP contribution in [-0.2, 0) is 4.79 Å². The van der Waals surface area contributed by atoms with Gasteiger partial charge in [-0.05, 0) is 116 Å². The van der Waals surface area contributed by atoms with Crippen LogP contribution < -0.4 is 5.32 Å². The number of benzene rings is 2. The van der Waals surface area contributed by atoms with Crippen LogP contribution in [0.25, 0.3) is 0 Å². The molecule has 9 atom stereocenters. The Kier molecular flexibility index (Phi) is 9.71. The first-order valence-corrected chi connectivity index (χ1v) is 18.7. The topological polar surface area (TPSA) is 46.2 Å². The van der Waals surface area contributed by atoms with Crippen LogP contribution in [0.15, 0.2) is 66.2 Å². The average Bonchev–Trinajstić information content (AvgIpc) is 3.41. The summed E-state index contributed by atoms with van der Waals surface area (Å²) in [7, 11) is 0. The molecule has 0 aliphatic heterocycles. The molecule has 4 aliphatic rings. The van der Waals surface area contributed by atoms with E-state index in [4.69, 9.17) is 0 Å². The van der Waals surface area contributed by atoms with Crippen molar-refractivity contribution < 1.29 is 9.59 Å². The maximum absolute atomic E-state index is 13.6. The van der Waals surface area contributed by atoms with Crippen molar-refractivity contribution in [2.75, 3.05) is 0 Å². The molecule has 3 heteroatoms. The van der Waals surface area contributed by atoms with Gasteiger partial charge in [0.05, 0.1) is 5.92 Å². The fourth-order valence-electron chi connectivity index (χ4n) is 11.0. The monoisotopic (exact) mass is 621 g/mol. The van der Waals surface area contributed by atoms with Crippen molar-refractivity contribution in [2.45, 2.75) is 124 Å². The number of hydrogen-bond donors (Lipinski definition) is 1. The third-order valence-corrected chi connectivity index (χ3v) is 13.7. The maximum atomic E-state index is 13.6. The summed E-state index contributed by atoms with van der Waals surface area (Å²) in [5, 5.41) is 3.44. The lowest BCUT2D eigenvalue weighted by molar-refractivity contribution is -0.123. The van der Waals surface area contributed by atoms with Gasteiger partial charge in [0.2, 0.25) is 5.91 Å². The summed E-state index contributed by atoms with van der Waals surface area (Å²) < 4.78 is 0. The van der Waals surface area contributed by atoms with E-state index < -0.39 is 0 Å². The molecule has 46 heavy (non-hydrogen) atoms. The SMILES string of the molecule is CC(C)CCC[C@@H](C)[C@H]1CC[C@H]2[C@@H]3CC=C4C[C@H](NC(=O)[C@@H](C)c5cccc(C(=O)c6ccccc6)c5)CC[C@]4(C)[C@H]3CC[C@]12C. The number of carbonyl (C=O) groups excluding carboxylic acids is 2. The van der Waals surface area contributed by atoms with Gasteiger partial charge in [-0.25, -0.2) is 0 Å². The molecule has 0 radical (unpaired) electrons. The van der Waals surface area contributed by atoms with E-state index in [-0.39, 0.29) is 29.1 Å². The Bertz CT molecular complexity index is 1430. The second kappa shape index (κ2) is 13.4. The minimum Gasteiger partial charge on any atom is -0.353 e. The van der Waals surface area contributed by atoms with Crippen LogP contribution in [0.3, 0.4) is 0 Å². The highest BCUT2D eigenvalue weighted by atomic mass is 16.2. The van der Waals surface area contributed by atoms with Crippen molar-refractivity contribution in [3.8, 4) is 0 Å². The highest BCUT2D eigenvalue weighted by Crippen LogP contribution is 2.67. The molecule has 248 valence electrons. The lowest BCUT2D eigenvalue weighted by atomic mass is 9.47. The van der Waals surface area contributed by atoms with Gasteiger partial charge in [-0.2, -0.15) is 0 Å². The van der Waals surface area contributed by atoms with Crippen molar-refractivity contribution in [3.05, 3.63) is 82.9 Å². The zero-order valence-electron chi connectivity index (χ0n) is 29.5. The van der Waals surface area contributed by atoms with E-state index in [1.165, 1.54) is 57.8 Å². The highest BCUT2D eigenvalue weighted by Gasteiger charge is 2.59. The third kappa shape index (κ3) is 6.29. The van der Waals surface area contributed by atoms with Gasteiger partial charge in [-0.3, -0.25) is 9.59 Å². The molecule has 3 saturated carbocycles. The number of allylic oxidation sites excluding steroid dienone is 1. The maximum Gasteiger partial charge on any atom is 0.227 e. The predicted molar refractivity (Wildman–Crippen MR) is 190 cm³/mol. The first kappa shape index (κ1) is 33.2. The first-order valence-electron chi connectivity index (χ1n) is 18.7. The fraction of sp³-hybridized carbons (Fsp3) is 0.628. The van der Waals surface area contributed by atoms with E-state index in [0.29, 0.717) is 16.5 Å². The Morgan fingerprint density at radius 2 is 1.61 bits per heavy atom. The van der Waals surface area contributed by atoms with Crippen molar-refractivity contribution in [1.82, 2.24) is 5.32 Å². The van der Waals surface area contributed by atoms with Crippen LogP contribution >= 0.6 is 0 Å². The van der Waals surface area contributed by atoms with Crippen LogP contribution in [0.4, 0.5) is 0 Å². The van der Waals surface area contributed by atoms with E-state index in [9.17, 15) is 9.59 Å². The molecule has 2 aromatic rings. The lowest BCUT2D eigenvalue weighted by Gasteiger charge is -2.58. The second-order valence-corrected chi connectivity index (χ2v) is 16.8. The number of hydrogen-bond acceptors (Lipinski definition) is 2. The normalized spacial score (nSPS) is 33.3. The van der Waals surface area contributed by atoms with Crippen LogP contribution in [0, 0.1) is 46.3 Å². The molecule has 4 aliphatic carbocycles. The smallest absolute Gasteiger partial charge is 0.227 e. The van der Waals surface area contributed by atoms with Crippen LogP contribution in [0.1, 0.15) is 140 Å².